The maximum Gasteiger partial charge on any atom is 0.336 e. The third-order valence-electron chi connectivity index (χ3n) is 2.54. The van der Waals surface area contributed by atoms with Gasteiger partial charge in [0.1, 0.15) is 11.2 Å². The van der Waals surface area contributed by atoms with E-state index in [9.17, 15) is 4.79 Å². The lowest BCUT2D eigenvalue weighted by atomic mass is 10.1. The van der Waals surface area contributed by atoms with Crippen LogP contribution in [0.1, 0.15) is 5.56 Å². The molecular weight excluding hydrogens is 228 g/mol. The highest BCUT2D eigenvalue weighted by atomic mass is 35.5. The molecular formula is C12H7ClO3. The molecule has 0 amide bonds. The number of fused-ring (bicyclic) bond motifs is 3. The summed E-state index contributed by atoms with van der Waals surface area (Å²) in [5.41, 5.74) is 1.75. The van der Waals surface area contributed by atoms with Gasteiger partial charge in [0.2, 0.25) is 0 Å². The molecule has 0 N–H and O–H groups in total. The van der Waals surface area contributed by atoms with Gasteiger partial charge >= 0.3 is 5.63 Å². The van der Waals surface area contributed by atoms with E-state index in [-0.39, 0.29) is 5.63 Å². The predicted molar refractivity (Wildman–Crippen MR) is 61.8 cm³/mol. The van der Waals surface area contributed by atoms with Gasteiger partial charge < -0.3 is 8.83 Å². The van der Waals surface area contributed by atoms with E-state index in [2.05, 4.69) is 0 Å². The van der Waals surface area contributed by atoms with Crippen molar-refractivity contribution in [2.45, 2.75) is 5.88 Å². The Balaban J connectivity index is 2.59. The zero-order chi connectivity index (χ0) is 11.1. The molecule has 3 nitrogen and oxygen atoms in total. The van der Waals surface area contributed by atoms with Crippen LogP contribution in [-0.4, -0.2) is 0 Å². The van der Waals surface area contributed by atoms with Crippen LogP contribution >= 0.6 is 11.6 Å². The van der Waals surface area contributed by atoms with Crippen LogP contribution in [-0.2, 0) is 5.88 Å². The standard InChI is InChI=1S/C12H7ClO3/c13-6-8-5-7-1-2-10(14)16-12(7)9-3-4-15-11(8)9/h1-5H,6H2. The van der Waals surface area contributed by atoms with Crippen LogP contribution in [0, 0.1) is 0 Å². The van der Waals surface area contributed by atoms with Gasteiger partial charge in [0.25, 0.3) is 0 Å². The number of alkyl halides is 1. The largest absolute Gasteiger partial charge is 0.464 e. The zero-order valence-electron chi connectivity index (χ0n) is 8.20. The van der Waals surface area contributed by atoms with Crippen molar-refractivity contribution in [1.29, 1.82) is 0 Å². The highest BCUT2D eigenvalue weighted by molar-refractivity contribution is 6.18. The molecule has 2 aromatic heterocycles. The summed E-state index contributed by atoms with van der Waals surface area (Å²) in [6.45, 7) is 0. The molecule has 0 bridgehead atoms. The SMILES string of the molecule is O=c1ccc2cc(CCl)c3occc3c2o1. The van der Waals surface area contributed by atoms with Crippen LogP contribution in [0.5, 0.6) is 0 Å². The molecule has 1 aromatic carbocycles. The molecule has 0 aliphatic heterocycles. The fraction of sp³-hybridized carbons (Fsp3) is 0.0833. The Morgan fingerprint density at radius 1 is 1.19 bits per heavy atom. The molecule has 0 spiro atoms. The summed E-state index contributed by atoms with van der Waals surface area (Å²) < 4.78 is 10.5. The third-order valence-corrected chi connectivity index (χ3v) is 2.83. The van der Waals surface area contributed by atoms with Gasteiger partial charge in [-0.1, -0.05) is 0 Å². The molecule has 0 aliphatic rings. The first-order chi connectivity index (χ1) is 7.79. The molecule has 16 heavy (non-hydrogen) atoms. The third kappa shape index (κ3) is 1.25. The van der Waals surface area contributed by atoms with E-state index in [1.165, 1.54) is 6.07 Å². The van der Waals surface area contributed by atoms with E-state index in [0.29, 0.717) is 17.0 Å². The Morgan fingerprint density at radius 3 is 2.88 bits per heavy atom. The summed E-state index contributed by atoms with van der Waals surface area (Å²) in [4.78, 5) is 11.2. The highest BCUT2D eigenvalue weighted by Crippen LogP contribution is 2.29. The maximum absolute atomic E-state index is 11.2. The smallest absolute Gasteiger partial charge is 0.336 e. The van der Waals surface area contributed by atoms with Crippen LogP contribution in [0.3, 0.4) is 0 Å². The first-order valence-corrected chi connectivity index (χ1v) is 5.32. The fourth-order valence-electron chi connectivity index (χ4n) is 1.84. The molecule has 0 saturated heterocycles. The molecule has 0 atom stereocenters. The number of hydrogen-bond donors (Lipinski definition) is 0. The van der Waals surface area contributed by atoms with Crippen molar-refractivity contribution in [3.05, 3.63) is 46.5 Å². The minimum Gasteiger partial charge on any atom is -0.464 e. The molecule has 80 valence electrons. The van der Waals surface area contributed by atoms with E-state index in [4.69, 9.17) is 20.4 Å². The topological polar surface area (TPSA) is 43.4 Å². The fourth-order valence-corrected chi connectivity index (χ4v) is 2.04. The summed E-state index contributed by atoms with van der Waals surface area (Å²) >= 11 is 5.84. The second kappa shape index (κ2) is 3.39. The van der Waals surface area contributed by atoms with Crippen molar-refractivity contribution in [1.82, 2.24) is 0 Å². The second-order valence-electron chi connectivity index (χ2n) is 3.51. The predicted octanol–water partition coefficient (Wildman–Crippen LogP) is 3.28. The van der Waals surface area contributed by atoms with Crippen molar-refractivity contribution in [3.63, 3.8) is 0 Å². The first-order valence-electron chi connectivity index (χ1n) is 4.78. The van der Waals surface area contributed by atoms with Crippen LogP contribution in [0.25, 0.3) is 21.9 Å². The maximum atomic E-state index is 11.2. The van der Waals surface area contributed by atoms with Crippen molar-refractivity contribution in [2.24, 2.45) is 0 Å². The van der Waals surface area contributed by atoms with Crippen molar-refractivity contribution in [2.75, 3.05) is 0 Å². The average Bonchev–Trinajstić information content (AvgIpc) is 2.77. The molecule has 0 radical (unpaired) electrons. The molecule has 0 unspecified atom stereocenters. The summed E-state index contributed by atoms with van der Waals surface area (Å²) in [5.74, 6) is 0.360. The zero-order valence-corrected chi connectivity index (χ0v) is 8.95. The average molecular weight is 235 g/mol. The summed E-state index contributed by atoms with van der Waals surface area (Å²) in [7, 11) is 0. The normalized spacial score (nSPS) is 11.3. The Morgan fingerprint density at radius 2 is 2.06 bits per heavy atom. The number of hydrogen-bond acceptors (Lipinski definition) is 3. The van der Waals surface area contributed by atoms with Crippen molar-refractivity contribution < 1.29 is 8.83 Å². The first kappa shape index (κ1) is 9.48. The Bertz CT molecular complexity index is 724. The number of furan rings is 1. The van der Waals surface area contributed by atoms with Crippen LogP contribution < -0.4 is 5.63 Å². The second-order valence-corrected chi connectivity index (χ2v) is 3.77. The van der Waals surface area contributed by atoms with Crippen molar-refractivity contribution >= 4 is 33.5 Å². The number of benzene rings is 1. The Labute approximate surface area is 95.2 Å². The van der Waals surface area contributed by atoms with E-state index >= 15 is 0 Å². The molecule has 3 aromatic rings. The Hall–Kier alpha value is -1.74. The van der Waals surface area contributed by atoms with Gasteiger partial charge in [-0.05, 0) is 18.2 Å². The number of rotatable bonds is 1. The van der Waals surface area contributed by atoms with E-state index in [0.717, 1.165) is 16.3 Å². The lowest BCUT2D eigenvalue weighted by Crippen LogP contribution is -1.95. The Kier molecular flexibility index (Phi) is 2.01. The van der Waals surface area contributed by atoms with Crippen LogP contribution in [0.15, 0.2) is 44.2 Å². The molecule has 0 fully saturated rings. The monoisotopic (exact) mass is 234 g/mol. The van der Waals surface area contributed by atoms with Gasteiger partial charge in [0.05, 0.1) is 17.5 Å². The molecule has 0 saturated carbocycles. The molecule has 2 heterocycles. The summed E-state index contributed by atoms with van der Waals surface area (Å²) in [5, 5.41) is 1.63. The minimum absolute atomic E-state index is 0.360. The lowest BCUT2D eigenvalue weighted by molar-refractivity contribution is 0.563. The molecule has 3 rings (SSSR count). The van der Waals surface area contributed by atoms with Gasteiger partial charge in [-0.25, -0.2) is 4.79 Å². The minimum atomic E-state index is -0.367. The summed E-state index contributed by atoms with van der Waals surface area (Å²) in [6.07, 6.45) is 1.56. The quantitative estimate of drug-likeness (QED) is 0.479. The lowest BCUT2D eigenvalue weighted by Gasteiger charge is -2.01. The van der Waals surface area contributed by atoms with Gasteiger partial charge in [-0.3, -0.25) is 0 Å². The van der Waals surface area contributed by atoms with Crippen LogP contribution in [0.4, 0.5) is 0 Å². The molecule has 4 heteroatoms. The summed E-state index contributed by atoms with van der Waals surface area (Å²) in [6, 6.07) is 6.77. The van der Waals surface area contributed by atoms with E-state index in [1.54, 1.807) is 18.4 Å². The number of halogens is 1. The van der Waals surface area contributed by atoms with E-state index < -0.39 is 0 Å². The van der Waals surface area contributed by atoms with Gasteiger partial charge in [-0.15, -0.1) is 11.6 Å². The van der Waals surface area contributed by atoms with Gasteiger partial charge in [0, 0.05) is 17.0 Å². The van der Waals surface area contributed by atoms with Gasteiger partial charge in [-0.2, -0.15) is 0 Å². The highest BCUT2D eigenvalue weighted by Gasteiger charge is 2.10. The van der Waals surface area contributed by atoms with E-state index in [1.807, 2.05) is 6.07 Å². The van der Waals surface area contributed by atoms with Crippen molar-refractivity contribution in [3.8, 4) is 0 Å². The molecule has 0 aliphatic carbocycles. The van der Waals surface area contributed by atoms with Crippen LogP contribution in [0.2, 0.25) is 0 Å². The van der Waals surface area contributed by atoms with Gasteiger partial charge in [0.15, 0.2) is 0 Å².